The van der Waals surface area contributed by atoms with Gasteiger partial charge >= 0.3 is 0 Å². The molecule has 2 aromatic heterocycles. The number of nitrogens with zero attached hydrogens (tertiary/aromatic N) is 4. The first-order valence-corrected chi connectivity index (χ1v) is 7.86. The molecule has 2 aromatic rings. The lowest BCUT2D eigenvalue weighted by atomic mass is 10.2. The highest BCUT2D eigenvalue weighted by atomic mass is 32.1. The first kappa shape index (κ1) is 12.6. The minimum atomic E-state index is 0.0289. The van der Waals surface area contributed by atoms with E-state index < -0.39 is 0 Å². The third-order valence-corrected chi connectivity index (χ3v) is 4.89. The lowest BCUT2D eigenvalue weighted by Gasteiger charge is -2.09. The van der Waals surface area contributed by atoms with Gasteiger partial charge in [-0.15, -0.1) is 10.2 Å². The van der Waals surface area contributed by atoms with E-state index in [1.807, 2.05) is 4.52 Å². The SMILES string of the molecule is NCC1CCC(c2nn3c(C4CCCO4)nnc3s2)O1. The van der Waals surface area contributed by atoms with Crippen molar-refractivity contribution in [3.63, 3.8) is 0 Å². The molecule has 8 heteroatoms. The van der Waals surface area contributed by atoms with Crippen molar-refractivity contribution >= 4 is 16.3 Å². The summed E-state index contributed by atoms with van der Waals surface area (Å²) in [5.74, 6) is 0.813. The molecule has 0 aromatic carbocycles. The molecule has 7 nitrogen and oxygen atoms in total. The summed E-state index contributed by atoms with van der Waals surface area (Å²) in [4.78, 5) is 0.810. The highest BCUT2D eigenvalue weighted by Gasteiger charge is 2.30. The molecule has 2 fully saturated rings. The summed E-state index contributed by atoms with van der Waals surface area (Å²) in [5, 5.41) is 14.0. The Morgan fingerprint density at radius 2 is 2.20 bits per heavy atom. The van der Waals surface area contributed by atoms with Crippen molar-refractivity contribution in [2.24, 2.45) is 5.73 Å². The Labute approximate surface area is 120 Å². The van der Waals surface area contributed by atoms with Gasteiger partial charge in [-0.1, -0.05) is 11.3 Å². The Kier molecular flexibility index (Phi) is 3.18. The Balaban J connectivity index is 1.62. The zero-order valence-corrected chi connectivity index (χ0v) is 11.9. The molecule has 2 saturated heterocycles. The monoisotopic (exact) mass is 295 g/mol. The summed E-state index contributed by atoms with van der Waals surface area (Å²) in [6.07, 6.45) is 4.27. The predicted molar refractivity (Wildman–Crippen MR) is 72.5 cm³/mol. The topological polar surface area (TPSA) is 87.6 Å². The highest BCUT2D eigenvalue weighted by Crippen LogP contribution is 2.35. The van der Waals surface area contributed by atoms with Gasteiger partial charge in [0, 0.05) is 13.2 Å². The van der Waals surface area contributed by atoms with E-state index in [1.54, 1.807) is 11.3 Å². The van der Waals surface area contributed by atoms with Gasteiger partial charge < -0.3 is 15.2 Å². The van der Waals surface area contributed by atoms with Crippen LogP contribution in [0.2, 0.25) is 0 Å². The van der Waals surface area contributed by atoms with Gasteiger partial charge in [-0.2, -0.15) is 9.61 Å². The van der Waals surface area contributed by atoms with Crippen LogP contribution in [0.15, 0.2) is 0 Å². The number of nitrogens with two attached hydrogens (primary N) is 1. The molecule has 3 unspecified atom stereocenters. The normalized spacial score (nSPS) is 30.6. The molecule has 2 aliphatic rings. The van der Waals surface area contributed by atoms with Crippen molar-refractivity contribution in [1.82, 2.24) is 19.8 Å². The van der Waals surface area contributed by atoms with Crippen molar-refractivity contribution < 1.29 is 9.47 Å². The molecule has 0 bridgehead atoms. The Bertz CT molecular complexity index is 606. The van der Waals surface area contributed by atoms with E-state index in [9.17, 15) is 0 Å². The maximum atomic E-state index is 5.89. The minimum absolute atomic E-state index is 0.0289. The molecule has 4 rings (SSSR count). The molecule has 4 heterocycles. The summed E-state index contributed by atoms with van der Waals surface area (Å²) < 4.78 is 13.4. The number of fused-ring (bicyclic) bond motifs is 1. The maximum absolute atomic E-state index is 5.89. The van der Waals surface area contributed by atoms with E-state index in [-0.39, 0.29) is 18.3 Å². The lowest BCUT2D eigenvalue weighted by Crippen LogP contribution is -2.18. The molecule has 2 aliphatic heterocycles. The van der Waals surface area contributed by atoms with E-state index in [0.29, 0.717) is 6.54 Å². The largest absolute Gasteiger partial charge is 0.370 e. The quantitative estimate of drug-likeness (QED) is 0.916. The van der Waals surface area contributed by atoms with Crippen molar-refractivity contribution in [1.29, 1.82) is 0 Å². The first-order chi connectivity index (χ1) is 9.85. The van der Waals surface area contributed by atoms with E-state index in [0.717, 1.165) is 48.1 Å². The zero-order chi connectivity index (χ0) is 13.5. The van der Waals surface area contributed by atoms with Gasteiger partial charge in [0.05, 0.1) is 6.10 Å². The average molecular weight is 295 g/mol. The van der Waals surface area contributed by atoms with Gasteiger partial charge in [0.15, 0.2) is 5.82 Å². The molecular formula is C12H17N5O2S. The van der Waals surface area contributed by atoms with Gasteiger partial charge in [0.1, 0.15) is 17.2 Å². The van der Waals surface area contributed by atoms with Crippen LogP contribution >= 0.6 is 11.3 Å². The van der Waals surface area contributed by atoms with Crippen LogP contribution in [0.1, 0.15) is 48.7 Å². The summed E-state index contributed by atoms with van der Waals surface area (Å²) in [6.45, 7) is 1.36. The Morgan fingerprint density at radius 1 is 1.25 bits per heavy atom. The fourth-order valence-electron chi connectivity index (χ4n) is 2.82. The summed E-state index contributed by atoms with van der Waals surface area (Å²) >= 11 is 1.54. The second-order valence-electron chi connectivity index (χ2n) is 5.25. The summed E-state index contributed by atoms with van der Waals surface area (Å²) in [6, 6.07) is 0. The van der Waals surface area contributed by atoms with Crippen LogP contribution in [0.4, 0.5) is 0 Å². The van der Waals surface area contributed by atoms with Gasteiger partial charge in [0.2, 0.25) is 4.96 Å². The fraction of sp³-hybridized carbons (Fsp3) is 0.750. The lowest BCUT2D eigenvalue weighted by molar-refractivity contribution is 0.0490. The number of ether oxygens (including phenoxy) is 2. The Hall–Kier alpha value is -1.09. The standard InChI is InChI=1S/C12H17N5O2S/c13-6-7-3-4-9(19-7)11-16-17-10(8-2-1-5-18-8)14-15-12(17)20-11/h7-9H,1-6,13H2. The Morgan fingerprint density at radius 3 is 2.95 bits per heavy atom. The van der Waals surface area contributed by atoms with Gasteiger partial charge in [0.25, 0.3) is 0 Å². The summed E-state index contributed by atoms with van der Waals surface area (Å²) in [5.41, 5.74) is 5.65. The van der Waals surface area contributed by atoms with Crippen molar-refractivity contribution in [3.05, 3.63) is 10.8 Å². The van der Waals surface area contributed by atoms with Gasteiger partial charge in [-0.05, 0) is 25.7 Å². The van der Waals surface area contributed by atoms with E-state index in [4.69, 9.17) is 15.2 Å². The molecule has 20 heavy (non-hydrogen) atoms. The van der Waals surface area contributed by atoms with Crippen LogP contribution in [-0.2, 0) is 9.47 Å². The molecule has 0 spiro atoms. The smallest absolute Gasteiger partial charge is 0.234 e. The molecule has 3 atom stereocenters. The van der Waals surface area contributed by atoms with Crippen LogP contribution in [0.5, 0.6) is 0 Å². The van der Waals surface area contributed by atoms with Crippen molar-refractivity contribution in [2.45, 2.75) is 44.0 Å². The maximum Gasteiger partial charge on any atom is 0.234 e. The van der Waals surface area contributed by atoms with Crippen LogP contribution in [0, 0.1) is 0 Å². The van der Waals surface area contributed by atoms with E-state index in [1.165, 1.54) is 0 Å². The number of rotatable bonds is 3. The molecular weight excluding hydrogens is 278 g/mol. The van der Waals surface area contributed by atoms with Crippen LogP contribution < -0.4 is 5.73 Å². The van der Waals surface area contributed by atoms with E-state index >= 15 is 0 Å². The van der Waals surface area contributed by atoms with Crippen molar-refractivity contribution in [2.75, 3.05) is 13.2 Å². The second-order valence-corrected chi connectivity index (χ2v) is 6.24. The third kappa shape index (κ3) is 2.03. The van der Waals surface area contributed by atoms with E-state index in [2.05, 4.69) is 15.3 Å². The molecule has 2 N–H and O–H groups in total. The molecule has 0 radical (unpaired) electrons. The van der Waals surface area contributed by atoms with Crippen LogP contribution in [0.3, 0.4) is 0 Å². The zero-order valence-electron chi connectivity index (χ0n) is 11.1. The van der Waals surface area contributed by atoms with Crippen molar-refractivity contribution in [3.8, 4) is 0 Å². The fourth-order valence-corrected chi connectivity index (χ4v) is 3.74. The molecule has 0 amide bonds. The third-order valence-electron chi connectivity index (χ3n) is 3.89. The number of hydrogen-bond donors (Lipinski definition) is 1. The number of hydrogen-bond acceptors (Lipinski definition) is 7. The summed E-state index contributed by atoms with van der Waals surface area (Å²) in [7, 11) is 0. The average Bonchev–Trinajstić information content (AvgIpc) is 3.20. The highest BCUT2D eigenvalue weighted by molar-refractivity contribution is 7.16. The first-order valence-electron chi connectivity index (χ1n) is 7.04. The predicted octanol–water partition coefficient (Wildman–Crippen LogP) is 1.22. The second kappa shape index (κ2) is 5.03. The van der Waals surface area contributed by atoms with Gasteiger partial charge in [-0.25, -0.2) is 0 Å². The number of aromatic nitrogens is 4. The van der Waals surface area contributed by atoms with Crippen LogP contribution in [0.25, 0.3) is 4.96 Å². The molecule has 0 saturated carbocycles. The minimum Gasteiger partial charge on any atom is -0.370 e. The van der Waals surface area contributed by atoms with Gasteiger partial charge in [-0.3, -0.25) is 0 Å². The molecule has 0 aliphatic carbocycles. The van der Waals surface area contributed by atoms with Crippen LogP contribution in [-0.4, -0.2) is 39.1 Å². The molecule has 108 valence electrons.